The maximum Gasteiger partial charge on any atom is 0.343 e. The Morgan fingerprint density at radius 2 is 1.64 bits per heavy atom. The molecule has 0 spiro atoms. The Morgan fingerprint density at radius 1 is 0.944 bits per heavy atom. The van der Waals surface area contributed by atoms with E-state index >= 15 is 0 Å². The summed E-state index contributed by atoms with van der Waals surface area (Å²) < 4.78 is 22.8. The molecule has 0 saturated carbocycles. The Labute approximate surface area is 218 Å². The highest BCUT2D eigenvalue weighted by Gasteiger charge is 2.13. The Morgan fingerprint density at radius 3 is 2.33 bits per heavy atom. The van der Waals surface area contributed by atoms with Crippen LogP contribution in [0.15, 0.2) is 76.3 Å². The molecule has 3 rings (SSSR count). The van der Waals surface area contributed by atoms with Crippen LogP contribution in [-0.4, -0.2) is 38.4 Å². The third kappa shape index (κ3) is 8.42. The lowest BCUT2D eigenvalue weighted by atomic mass is 10.2. The maximum atomic E-state index is 12.6. The Kier molecular flexibility index (Phi) is 10.3. The molecule has 0 aliphatic carbocycles. The first-order valence-electron chi connectivity index (χ1n) is 11.3. The van der Waals surface area contributed by atoms with Crippen LogP contribution in [0, 0.1) is 0 Å². The molecule has 0 aliphatic rings. The highest BCUT2D eigenvalue weighted by atomic mass is 79.9. The van der Waals surface area contributed by atoms with Gasteiger partial charge < -0.3 is 18.9 Å². The number of carbonyl (C=O) groups excluding carboxylic acids is 2. The van der Waals surface area contributed by atoms with Gasteiger partial charge in [0.05, 0.1) is 25.5 Å². The third-order valence-electron chi connectivity index (χ3n) is 4.83. The fourth-order valence-corrected chi connectivity index (χ4v) is 3.18. The van der Waals surface area contributed by atoms with Crippen molar-refractivity contribution in [2.45, 2.75) is 19.8 Å². The van der Waals surface area contributed by atoms with Gasteiger partial charge in [-0.3, -0.25) is 4.79 Å². The number of amides is 1. The zero-order valence-electron chi connectivity index (χ0n) is 20.0. The molecule has 0 unspecified atom stereocenters. The van der Waals surface area contributed by atoms with Gasteiger partial charge in [-0.05, 0) is 78.7 Å². The molecule has 3 aromatic rings. The van der Waals surface area contributed by atoms with Crippen molar-refractivity contribution in [3.63, 3.8) is 0 Å². The predicted molar refractivity (Wildman–Crippen MR) is 140 cm³/mol. The average molecular weight is 555 g/mol. The number of nitrogens with one attached hydrogen (secondary N) is 1. The second kappa shape index (κ2) is 13.9. The number of ether oxygens (including phenoxy) is 4. The molecule has 0 bridgehead atoms. The zero-order valence-corrected chi connectivity index (χ0v) is 21.6. The lowest BCUT2D eigenvalue weighted by Gasteiger charge is -2.10. The minimum atomic E-state index is -0.520. The Bertz CT molecular complexity index is 1180. The number of esters is 1. The van der Waals surface area contributed by atoms with Crippen LogP contribution in [0.5, 0.6) is 23.0 Å². The molecule has 9 heteroatoms. The summed E-state index contributed by atoms with van der Waals surface area (Å²) >= 11 is 3.34. The van der Waals surface area contributed by atoms with Crippen LogP contribution in [0.4, 0.5) is 0 Å². The fourth-order valence-electron chi connectivity index (χ4n) is 2.92. The van der Waals surface area contributed by atoms with Gasteiger partial charge in [-0.2, -0.15) is 5.10 Å². The number of hydrogen-bond donors (Lipinski definition) is 1. The van der Waals surface area contributed by atoms with Crippen LogP contribution in [0.3, 0.4) is 0 Å². The fraction of sp³-hybridized carbons (Fsp3) is 0.222. The molecule has 0 fully saturated rings. The molecule has 1 amide bonds. The second-order valence-electron chi connectivity index (χ2n) is 7.56. The van der Waals surface area contributed by atoms with Gasteiger partial charge in [0.15, 0.2) is 18.1 Å². The van der Waals surface area contributed by atoms with Crippen LogP contribution >= 0.6 is 15.9 Å². The molecule has 36 heavy (non-hydrogen) atoms. The zero-order chi connectivity index (χ0) is 25.8. The smallest absolute Gasteiger partial charge is 0.343 e. The molecule has 188 valence electrons. The van der Waals surface area contributed by atoms with E-state index in [9.17, 15) is 9.59 Å². The summed E-state index contributed by atoms with van der Waals surface area (Å²) in [6, 6.07) is 18.8. The summed E-state index contributed by atoms with van der Waals surface area (Å²) in [6.45, 7) is 2.55. The first kappa shape index (κ1) is 26.7. The van der Waals surface area contributed by atoms with Crippen molar-refractivity contribution in [2.75, 3.05) is 20.3 Å². The van der Waals surface area contributed by atoms with Crippen LogP contribution in [-0.2, 0) is 4.79 Å². The summed E-state index contributed by atoms with van der Waals surface area (Å²) in [7, 11) is 1.47. The molecular weight excluding hydrogens is 528 g/mol. The quantitative estimate of drug-likeness (QED) is 0.106. The van der Waals surface area contributed by atoms with Crippen molar-refractivity contribution in [1.29, 1.82) is 0 Å². The van der Waals surface area contributed by atoms with E-state index in [1.807, 2.05) is 12.1 Å². The van der Waals surface area contributed by atoms with E-state index in [4.69, 9.17) is 18.9 Å². The van der Waals surface area contributed by atoms with Crippen molar-refractivity contribution in [1.82, 2.24) is 5.43 Å². The molecule has 3 aromatic carbocycles. The van der Waals surface area contributed by atoms with Gasteiger partial charge in [-0.25, -0.2) is 10.2 Å². The average Bonchev–Trinajstić information content (AvgIpc) is 2.89. The molecule has 0 heterocycles. The van der Waals surface area contributed by atoms with Gasteiger partial charge in [-0.15, -0.1) is 0 Å². The summed E-state index contributed by atoms with van der Waals surface area (Å²) in [5.74, 6) is 0.949. The molecule has 0 aliphatic heterocycles. The van der Waals surface area contributed by atoms with E-state index in [1.54, 1.807) is 54.6 Å². The van der Waals surface area contributed by atoms with Crippen LogP contribution in [0.1, 0.15) is 35.7 Å². The second-order valence-corrected chi connectivity index (χ2v) is 8.48. The standard InChI is InChI=1S/C27H27BrN2O6/c1-3-4-15-34-22-10-6-20(7-11-22)27(32)36-24-14-5-19(16-25(24)33-2)17-29-30-26(31)18-35-23-12-8-21(28)9-13-23/h5-14,16-17H,3-4,15,18H2,1-2H3,(H,30,31)/b29-17+. The van der Waals surface area contributed by atoms with Crippen molar-refractivity contribution >= 4 is 34.0 Å². The minimum absolute atomic E-state index is 0.178. The number of nitrogens with zero attached hydrogens (tertiary/aromatic N) is 1. The normalized spacial score (nSPS) is 10.6. The minimum Gasteiger partial charge on any atom is -0.494 e. The van der Waals surface area contributed by atoms with Gasteiger partial charge in [0.1, 0.15) is 11.5 Å². The Balaban J connectivity index is 1.52. The number of benzene rings is 3. The lowest BCUT2D eigenvalue weighted by Crippen LogP contribution is -2.24. The summed E-state index contributed by atoms with van der Waals surface area (Å²) in [6.07, 6.45) is 3.47. The first-order valence-corrected chi connectivity index (χ1v) is 12.1. The van der Waals surface area contributed by atoms with Gasteiger partial charge in [0.2, 0.25) is 0 Å². The van der Waals surface area contributed by atoms with Crippen molar-refractivity contribution in [3.8, 4) is 23.0 Å². The van der Waals surface area contributed by atoms with Crippen LogP contribution in [0.2, 0.25) is 0 Å². The molecule has 0 aromatic heterocycles. The molecule has 0 saturated heterocycles. The largest absolute Gasteiger partial charge is 0.494 e. The molecule has 0 atom stereocenters. The SMILES string of the molecule is CCCCOc1ccc(C(=O)Oc2ccc(/C=N/NC(=O)COc3ccc(Br)cc3)cc2OC)cc1. The van der Waals surface area contributed by atoms with E-state index in [0.717, 1.165) is 17.3 Å². The molecule has 1 N–H and O–H groups in total. The number of halogens is 1. The van der Waals surface area contributed by atoms with Gasteiger partial charge in [-0.1, -0.05) is 29.3 Å². The summed E-state index contributed by atoms with van der Waals surface area (Å²) in [5, 5.41) is 3.93. The molecular formula is C27H27BrN2O6. The highest BCUT2D eigenvalue weighted by molar-refractivity contribution is 9.10. The number of methoxy groups -OCH3 is 1. The predicted octanol–water partition coefficient (Wildman–Crippen LogP) is 5.38. The van der Waals surface area contributed by atoms with E-state index in [-0.39, 0.29) is 12.4 Å². The summed E-state index contributed by atoms with van der Waals surface area (Å²) in [5.41, 5.74) is 3.42. The van der Waals surface area contributed by atoms with E-state index < -0.39 is 11.9 Å². The number of hydrogen-bond acceptors (Lipinski definition) is 7. The van der Waals surface area contributed by atoms with Crippen molar-refractivity contribution in [3.05, 3.63) is 82.3 Å². The maximum absolute atomic E-state index is 12.6. The molecule has 8 nitrogen and oxygen atoms in total. The number of unbranched alkanes of at least 4 members (excludes halogenated alkanes) is 1. The lowest BCUT2D eigenvalue weighted by molar-refractivity contribution is -0.123. The number of carbonyl (C=O) groups is 2. The monoisotopic (exact) mass is 554 g/mol. The molecule has 0 radical (unpaired) electrons. The van der Waals surface area contributed by atoms with E-state index in [1.165, 1.54) is 13.3 Å². The van der Waals surface area contributed by atoms with Crippen molar-refractivity contribution in [2.24, 2.45) is 5.10 Å². The van der Waals surface area contributed by atoms with E-state index in [2.05, 4.69) is 33.4 Å². The van der Waals surface area contributed by atoms with Crippen LogP contribution < -0.4 is 24.4 Å². The first-order chi connectivity index (χ1) is 17.5. The Hall–Kier alpha value is -3.85. The highest BCUT2D eigenvalue weighted by Crippen LogP contribution is 2.28. The van der Waals surface area contributed by atoms with E-state index in [0.29, 0.717) is 35.0 Å². The number of hydrazone groups is 1. The van der Waals surface area contributed by atoms with Gasteiger partial charge >= 0.3 is 5.97 Å². The van der Waals surface area contributed by atoms with Gasteiger partial charge in [0, 0.05) is 4.47 Å². The van der Waals surface area contributed by atoms with Gasteiger partial charge in [0.25, 0.3) is 5.91 Å². The van der Waals surface area contributed by atoms with Crippen LogP contribution in [0.25, 0.3) is 0 Å². The third-order valence-corrected chi connectivity index (χ3v) is 5.36. The summed E-state index contributed by atoms with van der Waals surface area (Å²) in [4.78, 5) is 24.5. The topological polar surface area (TPSA) is 95.5 Å². The van der Waals surface area contributed by atoms with Crippen molar-refractivity contribution < 1.29 is 28.5 Å². The number of rotatable bonds is 12.